The number of hydrogen-bond donors (Lipinski definition) is 2. The highest BCUT2D eigenvalue weighted by atomic mass is 16.1. The van der Waals surface area contributed by atoms with Gasteiger partial charge in [0.1, 0.15) is 5.69 Å². The van der Waals surface area contributed by atoms with Crippen molar-refractivity contribution in [2.75, 3.05) is 12.3 Å². The monoisotopic (exact) mass is 204 g/mol. The maximum Gasteiger partial charge on any atom is 0.269 e. The minimum Gasteiger partial charge on any atom is -0.397 e. The van der Waals surface area contributed by atoms with E-state index in [0.717, 1.165) is 0 Å². The van der Waals surface area contributed by atoms with Gasteiger partial charge in [0.15, 0.2) is 0 Å². The number of nitriles is 1. The summed E-state index contributed by atoms with van der Waals surface area (Å²) in [6.07, 6.45) is 2.52. The van der Waals surface area contributed by atoms with Crippen molar-refractivity contribution in [3.8, 4) is 6.07 Å². The Labute approximate surface area is 87.9 Å². The number of nitrogens with one attached hydrogen (secondary N) is 1. The summed E-state index contributed by atoms with van der Waals surface area (Å²) in [7, 11) is 0. The van der Waals surface area contributed by atoms with Gasteiger partial charge in [-0.2, -0.15) is 5.26 Å². The molecule has 0 atom stereocenters. The van der Waals surface area contributed by atoms with Gasteiger partial charge in [0.25, 0.3) is 5.91 Å². The third-order valence-corrected chi connectivity index (χ3v) is 1.77. The van der Waals surface area contributed by atoms with E-state index in [0.29, 0.717) is 30.8 Å². The molecule has 0 saturated heterocycles. The first-order valence-corrected chi connectivity index (χ1v) is 4.60. The smallest absolute Gasteiger partial charge is 0.269 e. The molecule has 0 spiro atoms. The molecular weight excluding hydrogens is 192 g/mol. The second kappa shape index (κ2) is 5.60. The van der Waals surface area contributed by atoms with Gasteiger partial charge in [0.05, 0.1) is 18.0 Å². The lowest BCUT2D eigenvalue weighted by Crippen LogP contribution is -2.25. The maximum atomic E-state index is 11.4. The number of nitrogens with zero attached hydrogens (tertiary/aromatic N) is 2. The van der Waals surface area contributed by atoms with Crippen LogP contribution in [0.2, 0.25) is 0 Å². The number of pyridine rings is 1. The summed E-state index contributed by atoms with van der Waals surface area (Å²) in [6, 6.07) is 5.19. The molecule has 0 aliphatic heterocycles. The van der Waals surface area contributed by atoms with Crippen molar-refractivity contribution >= 4 is 11.6 Å². The van der Waals surface area contributed by atoms with Gasteiger partial charge in [0.2, 0.25) is 0 Å². The molecule has 0 aromatic carbocycles. The van der Waals surface area contributed by atoms with E-state index in [2.05, 4.69) is 10.3 Å². The number of nitrogens with two attached hydrogens (primary N) is 1. The molecule has 0 radical (unpaired) electrons. The highest BCUT2D eigenvalue weighted by Gasteiger charge is 2.04. The molecule has 15 heavy (non-hydrogen) atoms. The van der Waals surface area contributed by atoms with Crippen LogP contribution in [0.3, 0.4) is 0 Å². The zero-order chi connectivity index (χ0) is 11.1. The molecule has 0 unspecified atom stereocenters. The van der Waals surface area contributed by atoms with Crippen molar-refractivity contribution < 1.29 is 4.79 Å². The van der Waals surface area contributed by atoms with Crippen LogP contribution in [0.1, 0.15) is 23.3 Å². The van der Waals surface area contributed by atoms with E-state index in [1.807, 2.05) is 6.07 Å². The highest BCUT2D eigenvalue weighted by Crippen LogP contribution is 2.00. The number of amides is 1. The molecule has 1 heterocycles. The van der Waals surface area contributed by atoms with Crippen LogP contribution in [0.5, 0.6) is 0 Å². The van der Waals surface area contributed by atoms with E-state index in [-0.39, 0.29) is 5.91 Å². The number of hydrogen-bond acceptors (Lipinski definition) is 4. The van der Waals surface area contributed by atoms with Gasteiger partial charge >= 0.3 is 0 Å². The van der Waals surface area contributed by atoms with Crippen LogP contribution in [0.15, 0.2) is 18.3 Å². The zero-order valence-electron chi connectivity index (χ0n) is 8.23. The van der Waals surface area contributed by atoms with Crippen molar-refractivity contribution in [2.24, 2.45) is 0 Å². The zero-order valence-corrected chi connectivity index (χ0v) is 8.23. The predicted molar refractivity (Wildman–Crippen MR) is 55.8 cm³/mol. The Morgan fingerprint density at radius 2 is 2.40 bits per heavy atom. The lowest BCUT2D eigenvalue weighted by molar-refractivity contribution is 0.0948. The van der Waals surface area contributed by atoms with Gasteiger partial charge in [-0.3, -0.25) is 4.79 Å². The quantitative estimate of drug-likeness (QED) is 0.706. The third kappa shape index (κ3) is 3.65. The molecule has 0 fully saturated rings. The Balaban J connectivity index is 2.41. The predicted octanol–water partition coefficient (Wildman–Crippen LogP) is 0.697. The van der Waals surface area contributed by atoms with Gasteiger partial charge in [-0.05, 0) is 18.6 Å². The minimum atomic E-state index is -0.243. The van der Waals surface area contributed by atoms with Crippen molar-refractivity contribution in [1.29, 1.82) is 5.26 Å². The van der Waals surface area contributed by atoms with E-state index in [9.17, 15) is 4.79 Å². The van der Waals surface area contributed by atoms with Crippen LogP contribution in [-0.4, -0.2) is 17.4 Å². The minimum absolute atomic E-state index is 0.243. The summed E-state index contributed by atoms with van der Waals surface area (Å²) in [5.41, 5.74) is 6.29. The average Bonchev–Trinajstić information content (AvgIpc) is 2.25. The van der Waals surface area contributed by atoms with Crippen LogP contribution in [0.25, 0.3) is 0 Å². The average molecular weight is 204 g/mol. The molecule has 5 heteroatoms. The van der Waals surface area contributed by atoms with E-state index in [4.69, 9.17) is 11.0 Å². The fourth-order valence-corrected chi connectivity index (χ4v) is 1.000. The lowest BCUT2D eigenvalue weighted by Gasteiger charge is -2.02. The summed E-state index contributed by atoms with van der Waals surface area (Å²) < 4.78 is 0. The number of rotatable bonds is 4. The van der Waals surface area contributed by atoms with Gasteiger partial charge in [0, 0.05) is 13.0 Å². The number of nitrogen functional groups attached to an aromatic ring is 1. The van der Waals surface area contributed by atoms with Crippen molar-refractivity contribution in [2.45, 2.75) is 12.8 Å². The number of anilines is 1. The first-order valence-electron chi connectivity index (χ1n) is 4.60. The van der Waals surface area contributed by atoms with Crippen LogP contribution in [-0.2, 0) is 0 Å². The van der Waals surface area contributed by atoms with Gasteiger partial charge in [-0.15, -0.1) is 0 Å². The molecular formula is C10H12N4O. The fraction of sp³-hybridized carbons (Fsp3) is 0.300. The number of carbonyl (C=O) groups is 1. The standard InChI is InChI=1S/C10H12N4O/c11-5-1-2-6-13-10(15)9-4-3-8(12)7-14-9/h3-4,7H,1-2,6,12H2,(H,13,15). The summed E-state index contributed by atoms with van der Waals surface area (Å²) in [5, 5.41) is 10.9. The summed E-state index contributed by atoms with van der Waals surface area (Å²) in [5.74, 6) is -0.243. The number of aromatic nitrogens is 1. The topological polar surface area (TPSA) is 91.8 Å². The van der Waals surface area contributed by atoms with Gasteiger partial charge < -0.3 is 11.1 Å². The van der Waals surface area contributed by atoms with Gasteiger partial charge in [-0.1, -0.05) is 0 Å². The van der Waals surface area contributed by atoms with E-state index in [1.165, 1.54) is 6.20 Å². The first kappa shape index (κ1) is 11.0. The highest BCUT2D eigenvalue weighted by molar-refractivity contribution is 5.92. The maximum absolute atomic E-state index is 11.4. The molecule has 78 valence electrons. The molecule has 5 nitrogen and oxygen atoms in total. The van der Waals surface area contributed by atoms with Crippen molar-refractivity contribution in [3.63, 3.8) is 0 Å². The number of unbranched alkanes of at least 4 members (excludes halogenated alkanes) is 1. The molecule has 0 aliphatic rings. The molecule has 1 amide bonds. The molecule has 0 saturated carbocycles. The Hall–Kier alpha value is -2.09. The molecule has 0 bridgehead atoms. The number of carbonyl (C=O) groups excluding carboxylic acids is 1. The van der Waals surface area contributed by atoms with E-state index < -0.39 is 0 Å². The fourth-order valence-electron chi connectivity index (χ4n) is 1.000. The second-order valence-electron chi connectivity index (χ2n) is 2.99. The summed E-state index contributed by atoms with van der Waals surface area (Å²) in [4.78, 5) is 15.3. The second-order valence-corrected chi connectivity index (χ2v) is 2.99. The van der Waals surface area contributed by atoms with Crippen LogP contribution in [0.4, 0.5) is 5.69 Å². The van der Waals surface area contributed by atoms with Crippen molar-refractivity contribution in [1.82, 2.24) is 10.3 Å². The largest absolute Gasteiger partial charge is 0.397 e. The molecule has 1 aromatic heterocycles. The first-order chi connectivity index (χ1) is 7.24. The normalized spacial score (nSPS) is 9.27. The third-order valence-electron chi connectivity index (χ3n) is 1.77. The molecule has 1 rings (SSSR count). The Morgan fingerprint density at radius 3 is 3.00 bits per heavy atom. The lowest BCUT2D eigenvalue weighted by atomic mass is 10.3. The Bertz CT molecular complexity index is 366. The molecule has 1 aromatic rings. The Kier molecular flexibility index (Phi) is 4.10. The molecule has 0 aliphatic carbocycles. The SMILES string of the molecule is N#CCCCNC(=O)c1ccc(N)cn1. The summed E-state index contributed by atoms with van der Waals surface area (Å²) in [6.45, 7) is 0.485. The summed E-state index contributed by atoms with van der Waals surface area (Å²) >= 11 is 0. The molecule has 3 N–H and O–H groups in total. The van der Waals surface area contributed by atoms with E-state index >= 15 is 0 Å². The van der Waals surface area contributed by atoms with Crippen molar-refractivity contribution in [3.05, 3.63) is 24.0 Å². The van der Waals surface area contributed by atoms with E-state index in [1.54, 1.807) is 12.1 Å². The van der Waals surface area contributed by atoms with Crippen LogP contribution in [0, 0.1) is 11.3 Å². The van der Waals surface area contributed by atoms with Crippen LogP contribution >= 0.6 is 0 Å². The van der Waals surface area contributed by atoms with Crippen LogP contribution < -0.4 is 11.1 Å². The van der Waals surface area contributed by atoms with Gasteiger partial charge in [-0.25, -0.2) is 4.98 Å². The Morgan fingerprint density at radius 1 is 1.60 bits per heavy atom.